The molecule has 0 unspecified atom stereocenters. The summed E-state index contributed by atoms with van der Waals surface area (Å²) in [5, 5.41) is 0. The van der Waals surface area contributed by atoms with Crippen molar-refractivity contribution in [1.82, 2.24) is 9.21 Å². The molecule has 0 atom stereocenters. The van der Waals surface area contributed by atoms with Gasteiger partial charge in [0.05, 0.1) is 7.11 Å². The van der Waals surface area contributed by atoms with E-state index in [4.69, 9.17) is 4.74 Å². The first kappa shape index (κ1) is 18.3. The molecule has 2 aromatic carbocycles. The van der Waals surface area contributed by atoms with Crippen LogP contribution < -0.4 is 4.74 Å². The fraction of sp³-hybridized carbons (Fsp3) is 0.278. The second-order valence-corrected chi connectivity index (χ2v) is 7.76. The largest absolute Gasteiger partial charge is 0.495 e. The van der Waals surface area contributed by atoms with Gasteiger partial charge in [-0.15, -0.1) is 0 Å². The molecule has 2 aromatic rings. The number of amides is 1. The molecule has 0 aromatic heterocycles. The van der Waals surface area contributed by atoms with Gasteiger partial charge in [0.25, 0.3) is 5.91 Å². The van der Waals surface area contributed by atoms with Gasteiger partial charge in [0.1, 0.15) is 16.5 Å². The summed E-state index contributed by atoms with van der Waals surface area (Å²) in [7, 11) is -2.28. The number of carbonyl (C=O) groups is 1. The summed E-state index contributed by atoms with van der Waals surface area (Å²) in [6, 6.07) is 11.8. The SMILES string of the molecule is COc1ccccc1S(=O)(=O)N1CCN(C(=O)c2ccc(F)cc2)CC1. The zero-order chi connectivity index (χ0) is 18.7. The molecular weight excluding hydrogens is 359 g/mol. The van der Waals surface area contributed by atoms with E-state index in [1.54, 1.807) is 23.1 Å². The van der Waals surface area contributed by atoms with Crippen molar-refractivity contribution in [2.75, 3.05) is 33.3 Å². The van der Waals surface area contributed by atoms with Crippen LogP contribution in [0.2, 0.25) is 0 Å². The second-order valence-electron chi connectivity index (χ2n) is 5.85. The molecule has 0 aliphatic carbocycles. The lowest BCUT2D eigenvalue weighted by molar-refractivity contribution is 0.0697. The van der Waals surface area contributed by atoms with E-state index in [0.717, 1.165) is 0 Å². The molecule has 1 saturated heterocycles. The lowest BCUT2D eigenvalue weighted by Gasteiger charge is -2.34. The van der Waals surface area contributed by atoms with Crippen LogP contribution in [-0.2, 0) is 10.0 Å². The second kappa shape index (κ2) is 7.43. The Morgan fingerprint density at radius 2 is 1.62 bits per heavy atom. The van der Waals surface area contributed by atoms with Crippen LogP contribution in [0.4, 0.5) is 4.39 Å². The minimum absolute atomic E-state index is 0.112. The summed E-state index contributed by atoms with van der Waals surface area (Å²) < 4.78 is 45.2. The zero-order valence-corrected chi connectivity index (χ0v) is 15.1. The molecule has 1 amide bonds. The van der Waals surface area contributed by atoms with Crippen LogP contribution in [0.25, 0.3) is 0 Å². The third kappa shape index (κ3) is 3.56. The summed E-state index contributed by atoms with van der Waals surface area (Å²) in [5.41, 5.74) is 0.382. The van der Waals surface area contributed by atoms with Gasteiger partial charge in [-0.3, -0.25) is 4.79 Å². The minimum atomic E-state index is -3.70. The smallest absolute Gasteiger partial charge is 0.253 e. The quantitative estimate of drug-likeness (QED) is 0.816. The van der Waals surface area contributed by atoms with Gasteiger partial charge in [0, 0.05) is 31.7 Å². The summed E-state index contributed by atoms with van der Waals surface area (Å²) >= 11 is 0. The van der Waals surface area contributed by atoms with E-state index in [-0.39, 0.29) is 42.7 Å². The van der Waals surface area contributed by atoms with Crippen LogP contribution in [0.3, 0.4) is 0 Å². The van der Waals surface area contributed by atoms with Gasteiger partial charge >= 0.3 is 0 Å². The number of rotatable bonds is 4. The Balaban J connectivity index is 1.71. The molecule has 0 spiro atoms. The van der Waals surface area contributed by atoms with E-state index in [1.807, 2.05) is 0 Å². The Morgan fingerprint density at radius 1 is 1.00 bits per heavy atom. The highest BCUT2D eigenvalue weighted by atomic mass is 32.2. The Bertz CT molecular complexity index is 892. The zero-order valence-electron chi connectivity index (χ0n) is 14.3. The predicted molar refractivity (Wildman–Crippen MR) is 94.1 cm³/mol. The number of para-hydroxylation sites is 1. The topological polar surface area (TPSA) is 66.9 Å². The first-order valence-electron chi connectivity index (χ1n) is 8.11. The van der Waals surface area contributed by atoms with Crippen molar-refractivity contribution in [2.45, 2.75) is 4.90 Å². The fourth-order valence-electron chi connectivity index (χ4n) is 2.88. The Hall–Kier alpha value is -2.45. The number of carbonyl (C=O) groups excluding carboxylic acids is 1. The number of benzene rings is 2. The van der Waals surface area contributed by atoms with E-state index in [1.165, 1.54) is 41.7 Å². The Kier molecular flexibility index (Phi) is 5.24. The first-order chi connectivity index (χ1) is 12.4. The lowest BCUT2D eigenvalue weighted by Crippen LogP contribution is -2.50. The molecule has 8 heteroatoms. The fourth-order valence-corrected chi connectivity index (χ4v) is 4.46. The average Bonchev–Trinajstić information content (AvgIpc) is 2.68. The van der Waals surface area contributed by atoms with Crippen LogP contribution in [0.5, 0.6) is 5.75 Å². The minimum Gasteiger partial charge on any atom is -0.495 e. The molecule has 26 heavy (non-hydrogen) atoms. The molecule has 0 N–H and O–H groups in total. The number of methoxy groups -OCH3 is 1. The van der Waals surface area contributed by atoms with Crippen molar-refractivity contribution in [3.63, 3.8) is 0 Å². The summed E-state index contributed by atoms with van der Waals surface area (Å²) in [4.78, 5) is 14.1. The van der Waals surface area contributed by atoms with Gasteiger partial charge < -0.3 is 9.64 Å². The summed E-state index contributed by atoms with van der Waals surface area (Å²) in [6.07, 6.45) is 0. The van der Waals surface area contributed by atoms with Gasteiger partial charge in [0.2, 0.25) is 10.0 Å². The molecule has 1 fully saturated rings. The maximum atomic E-state index is 13.0. The third-order valence-electron chi connectivity index (χ3n) is 4.30. The number of hydrogen-bond acceptors (Lipinski definition) is 4. The lowest BCUT2D eigenvalue weighted by atomic mass is 10.2. The van der Waals surface area contributed by atoms with Crippen LogP contribution in [0.15, 0.2) is 53.4 Å². The normalized spacial score (nSPS) is 15.7. The highest BCUT2D eigenvalue weighted by Crippen LogP contribution is 2.27. The van der Waals surface area contributed by atoms with Crippen LogP contribution in [0.1, 0.15) is 10.4 Å². The first-order valence-corrected chi connectivity index (χ1v) is 9.55. The molecule has 6 nitrogen and oxygen atoms in total. The van der Waals surface area contributed by atoms with Gasteiger partial charge in [-0.05, 0) is 36.4 Å². The molecule has 3 rings (SSSR count). The van der Waals surface area contributed by atoms with Crippen LogP contribution in [0, 0.1) is 5.82 Å². The molecule has 138 valence electrons. The molecule has 1 heterocycles. The molecule has 0 radical (unpaired) electrons. The van der Waals surface area contributed by atoms with E-state index in [2.05, 4.69) is 0 Å². The number of nitrogens with zero attached hydrogens (tertiary/aromatic N) is 2. The molecule has 1 aliphatic heterocycles. The van der Waals surface area contributed by atoms with Crippen molar-refractivity contribution in [1.29, 1.82) is 0 Å². The van der Waals surface area contributed by atoms with E-state index in [0.29, 0.717) is 5.56 Å². The van der Waals surface area contributed by atoms with E-state index < -0.39 is 15.8 Å². The van der Waals surface area contributed by atoms with Crippen molar-refractivity contribution in [2.24, 2.45) is 0 Å². The maximum absolute atomic E-state index is 13.0. The highest BCUT2D eigenvalue weighted by Gasteiger charge is 2.32. The Labute approximate surface area is 151 Å². The van der Waals surface area contributed by atoms with E-state index >= 15 is 0 Å². The van der Waals surface area contributed by atoms with Crippen molar-refractivity contribution >= 4 is 15.9 Å². The van der Waals surface area contributed by atoms with E-state index in [9.17, 15) is 17.6 Å². The summed E-state index contributed by atoms with van der Waals surface area (Å²) in [5.74, 6) is -0.356. The number of hydrogen-bond donors (Lipinski definition) is 0. The van der Waals surface area contributed by atoms with Gasteiger partial charge in [-0.25, -0.2) is 12.8 Å². The van der Waals surface area contributed by atoms with Gasteiger partial charge in [-0.2, -0.15) is 4.31 Å². The number of ether oxygens (including phenoxy) is 1. The molecule has 0 saturated carbocycles. The van der Waals surface area contributed by atoms with Gasteiger partial charge in [-0.1, -0.05) is 12.1 Å². The standard InChI is InChI=1S/C18H19FN2O4S/c1-25-16-4-2-3-5-17(16)26(23,24)21-12-10-20(11-13-21)18(22)14-6-8-15(19)9-7-14/h2-9H,10-13H2,1H3. The average molecular weight is 378 g/mol. The monoisotopic (exact) mass is 378 g/mol. The highest BCUT2D eigenvalue weighted by molar-refractivity contribution is 7.89. The van der Waals surface area contributed by atoms with Crippen molar-refractivity contribution < 1.29 is 22.3 Å². The molecule has 1 aliphatic rings. The van der Waals surface area contributed by atoms with Gasteiger partial charge in [0.15, 0.2) is 0 Å². The predicted octanol–water partition coefficient (Wildman–Crippen LogP) is 1.98. The van der Waals surface area contributed by atoms with Crippen molar-refractivity contribution in [3.8, 4) is 5.75 Å². The molecule has 0 bridgehead atoms. The summed E-state index contributed by atoms with van der Waals surface area (Å²) in [6.45, 7) is 0.913. The van der Waals surface area contributed by atoms with Crippen LogP contribution >= 0.6 is 0 Å². The molecular formula is C18H19FN2O4S. The van der Waals surface area contributed by atoms with Crippen molar-refractivity contribution in [3.05, 3.63) is 59.9 Å². The third-order valence-corrected chi connectivity index (χ3v) is 6.24. The van der Waals surface area contributed by atoms with Crippen LogP contribution in [-0.4, -0.2) is 56.8 Å². The maximum Gasteiger partial charge on any atom is 0.253 e. The number of halogens is 1. The number of sulfonamides is 1. The number of piperazine rings is 1. The Morgan fingerprint density at radius 3 is 2.23 bits per heavy atom.